The number of aromatic nitrogens is 1. The molecule has 0 spiro atoms. The van der Waals surface area contributed by atoms with E-state index in [-0.39, 0.29) is 17.7 Å². The lowest BCUT2D eigenvalue weighted by Crippen LogP contribution is -2.46. The number of sulfonamides is 1. The molecule has 0 saturated carbocycles. The van der Waals surface area contributed by atoms with Gasteiger partial charge in [-0.15, -0.1) is 0 Å². The van der Waals surface area contributed by atoms with E-state index in [0.29, 0.717) is 23.7 Å². The topological polar surface area (TPSA) is 73.8 Å². The number of nitrogens with zero attached hydrogens (tertiary/aromatic N) is 4. The number of anilines is 2. The van der Waals surface area contributed by atoms with Crippen molar-refractivity contribution < 1.29 is 13.2 Å². The van der Waals surface area contributed by atoms with Gasteiger partial charge in [0.2, 0.25) is 10.0 Å². The van der Waals surface area contributed by atoms with Gasteiger partial charge in [-0.3, -0.25) is 14.7 Å². The van der Waals surface area contributed by atoms with Crippen molar-refractivity contribution in [3.05, 3.63) is 52.8 Å². The van der Waals surface area contributed by atoms with Crippen molar-refractivity contribution in [2.75, 3.05) is 35.7 Å². The highest BCUT2D eigenvalue weighted by molar-refractivity contribution is 7.89. The first kappa shape index (κ1) is 23.0. The molecule has 172 valence electrons. The van der Waals surface area contributed by atoms with Gasteiger partial charge in [-0.2, -0.15) is 0 Å². The molecule has 2 aromatic rings. The van der Waals surface area contributed by atoms with Crippen LogP contribution in [-0.4, -0.2) is 55.5 Å². The number of fused-ring (bicyclic) bond motifs is 1. The maximum atomic E-state index is 13.2. The predicted octanol–water partition coefficient (Wildman–Crippen LogP) is 3.88. The van der Waals surface area contributed by atoms with Crippen LogP contribution in [0.5, 0.6) is 0 Å². The number of benzene rings is 1. The molecule has 0 bridgehead atoms. The molecular formula is C23H29ClN4O3S. The average molecular weight is 477 g/mol. The molecule has 1 aromatic carbocycles. The normalized spacial score (nSPS) is 19.3. The van der Waals surface area contributed by atoms with E-state index in [1.807, 2.05) is 33.0 Å². The van der Waals surface area contributed by atoms with Crippen LogP contribution in [0.15, 0.2) is 36.7 Å². The van der Waals surface area contributed by atoms with E-state index in [2.05, 4.69) is 9.88 Å². The number of hydrogen-bond donors (Lipinski definition) is 0. The van der Waals surface area contributed by atoms with Gasteiger partial charge in [0.15, 0.2) is 0 Å². The van der Waals surface area contributed by atoms with Gasteiger partial charge in [0.1, 0.15) is 0 Å². The maximum Gasteiger partial charge on any atom is 0.259 e. The molecule has 0 atom stereocenters. The van der Waals surface area contributed by atoms with Crippen LogP contribution in [0.2, 0.25) is 5.02 Å². The summed E-state index contributed by atoms with van der Waals surface area (Å²) in [4.78, 5) is 21.6. The van der Waals surface area contributed by atoms with Crippen molar-refractivity contribution in [3.8, 4) is 0 Å². The second kappa shape index (κ2) is 8.32. The van der Waals surface area contributed by atoms with E-state index < -0.39 is 15.6 Å². The van der Waals surface area contributed by atoms with Crippen LogP contribution in [0.1, 0.15) is 49.5 Å². The van der Waals surface area contributed by atoms with E-state index in [1.165, 1.54) is 0 Å². The Hall–Kier alpha value is -2.16. The summed E-state index contributed by atoms with van der Waals surface area (Å²) in [5.74, 6) is 0.0635. The summed E-state index contributed by atoms with van der Waals surface area (Å²) in [5.41, 5.74) is 2.62. The minimum Gasteiger partial charge on any atom is -0.370 e. The average Bonchev–Trinajstić information content (AvgIpc) is 2.98. The highest BCUT2D eigenvalue weighted by atomic mass is 35.5. The zero-order valence-electron chi connectivity index (χ0n) is 18.9. The highest BCUT2D eigenvalue weighted by Crippen LogP contribution is 2.43. The van der Waals surface area contributed by atoms with E-state index in [9.17, 15) is 13.2 Å². The SMILES string of the molecule is CCS(=O)(=O)N1CCC(N(C)c2cncc(N3C(=O)c4ccc(Cl)cc4C3(C)C)c2)CC1. The third-order valence-corrected chi connectivity index (χ3v) is 8.85. The molecule has 0 N–H and O–H groups in total. The third kappa shape index (κ3) is 3.89. The largest absolute Gasteiger partial charge is 0.370 e. The van der Waals surface area contributed by atoms with Crippen LogP contribution < -0.4 is 9.80 Å². The fourth-order valence-corrected chi connectivity index (χ4v) is 6.08. The molecule has 0 radical (unpaired) electrons. The first-order valence-corrected chi connectivity index (χ1v) is 12.8. The zero-order chi connectivity index (χ0) is 23.3. The number of amides is 1. The lowest BCUT2D eigenvalue weighted by Gasteiger charge is -2.37. The summed E-state index contributed by atoms with van der Waals surface area (Å²) in [6.07, 6.45) is 4.99. The second-order valence-electron chi connectivity index (χ2n) is 8.93. The molecule has 1 aromatic heterocycles. The third-order valence-electron chi connectivity index (χ3n) is 6.74. The van der Waals surface area contributed by atoms with Gasteiger partial charge >= 0.3 is 0 Å². The molecule has 9 heteroatoms. The zero-order valence-corrected chi connectivity index (χ0v) is 20.4. The molecular weight excluding hydrogens is 448 g/mol. The van der Waals surface area contributed by atoms with E-state index in [4.69, 9.17) is 11.6 Å². The number of hydrogen-bond acceptors (Lipinski definition) is 5. The summed E-state index contributed by atoms with van der Waals surface area (Å²) >= 11 is 6.20. The molecule has 2 aliphatic rings. The van der Waals surface area contributed by atoms with Crippen LogP contribution in [0.4, 0.5) is 11.4 Å². The second-order valence-corrected chi connectivity index (χ2v) is 11.6. The Kier molecular flexibility index (Phi) is 5.98. The number of piperidine rings is 1. The highest BCUT2D eigenvalue weighted by Gasteiger charge is 2.44. The monoisotopic (exact) mass is 476 g/mol. The van der Waals surface area contributed by atoms with E-state index >= 15 is 0 Å². The molecule has 3 heterocycles. The van der Waals surface area contributed by atoms with Gasteiger partial charge < -0.3 is 4.90 Å². The van der Waals surface area contributed by atoms with Gasteiger partial charge in [-0.1, -0.05) is 11.6 Å². The maximum absolute atomic E-state index is 13.2. The number of halogens is 1. The first-order chi connectivity index (χ1) is 15.1. The quantitative estimate of drug-likeness (QED) is 0.654. The Bertz CT molecular complexity index is 1140. The predicted molar refractivity (Wildman–Crippen MR) is 128 cm³/mol. The summed E-state index contributed by atoms with van der Waals surface area (Å²) in [5, 5.41) is 0.606. The molecule has 1 saturated heterocycles. The Morgan fingerprint density at radius 3 is 2.53 bits per heavy atom. The van der Waals surface area contributed by atoms with Crippen molar-refractivity contribution in [2.24, 2.45) is 0 Å². The van der Waals surface area contributed by atoms with Gasteiger partial charge in [0.05, 0.1) is 35.1 Å². The van der Waals surface area contributed by atoms with Gasteiger partial charge in [0.25, 0.3) is 5.91 Å². The van der Waals surface area contributed by atoms with E-state index in [1.54, 1.807) is 40.7 Å². The Labute approximate surface area is 195 Å². The fraction of sp³-hybridized carbons (Fsp3) is 0.478. The number of rotatable bonds is 5. The summed E-state index contributed by atoms with van der Waals surface area (Å²) in [7, 11) is -1.15. The smallest absolute Gasteiger partial charge is 0.259 e. The first-order valence-electron chi connectivity index (χ1n) is 10.9. The summed E-state index contributed by atoms with van der Waals surface area (Å²) in [6.45, 7) is 6.73. The Balaban J connectivity index is 1.57. The minimum absolute atomic E-state index is 0.0682. The van der Waals surface area contributed by atoms with Crippen LogP contribution >= 0.6 is 11.6 Å². The standard InChI is InChI=1S/C23H29ClN4O3S/c1-5-32(30,31)27-10-8-17(9-11-27)26(4)18-13-19(15-25-14-18)28-22(29)20-7-6-16(24)12-21(20)23(28,2)3/h6-7,12-15,17H,5,8-11H2,1-4H3. The Morgan fingerprint density at radius 2 is 1.88 bits per heavy atom. The van der Waals surface area contributed by atoms with Gasteiger partial charge in [-0.05, 0) is 63.4 Å². The lowest BCUT2D eigenvalue weighted by molar-refractivity contribution is 0.0982. The Morgan fingerprint density at radius 1 is 1.19 bits per heavy atom. The molecule has 1 fully saturated rings. The summed E-state index contributed by atoms with van der Waals surface area (Å²) < 4.78 is 25.9. The van der Waals surface area contributed by atoms with Crippen LogP contribution in [0.3, 0.4) is 0 Å². The molecule has 0 aliphatic carbocycles. The van der Waals surface area contributed by atoms with Crippen LogP contribution in [-0.2, 0) is 15.6 Å². The fourth-order valence-electron chi connectivity index (χ4n) is 4.78. The van der Waals surface area contributed by atoms with Crippen molar-refractivity contribution >= 4 is 38.9 Å². The van der Waals surface area contributed by atoms with E-state index in [0.717, 1.165) is 29.8 Å². The van der Waals surface area contributed by atoms with Crippen molar-refractivity contribution in [3.63, 3.8) is 0 Å². The number of pyridine rings is 1. The van der Waals surface area contributed by atoms with Crippen LogP contribution in [0.25, 0.3) is 0 Å². The van der Waals surface area contributed by atoms with Crippen molar-refractivity contribution in [1.29, 1.82) is 0 Å². The van der Waals surface area contributed by atoms with Gasteiger partial charge in [0, 0.05) is 36.8 Å². The molecule has 1 amide bonds. The molecule has 32 heavy (non-hydrogen) atoms. The molecule has 7 nitrogen and oxygen atoms in total. The lowest BCUT2D eigenvalue weighted by atomic mass is 9.93. The van der Waals surface area contributed by atoms with Gasteiger partial charge in [-0.25, -0.2) is 12.7 Å². The van der Waals surface area contributed by atoms with Crippen molar-refractivity contribution in [2.45, 2.75) is 45.2 Å². The number of carbonyl (C=O) groups excluding carboxylic acids is 1. The molecule has 4 rings (SSSR count). The minimum atomic E-state index is -3.15. The van der Waals surface area contributed by atoms with Crippen LogP contribution in [0, 0.1) is 0 Å². The molecule has 2 aliphatic heterocycles. The summed E-state index contributed by atoms with van der Waals surface area (Å²) in [6, 6.07) is 7.56. The molecule has 0 unspecified atom stereocenters. The van der Waals surface area contributed by atoms with Crippen molar-refractivity contribution in [1.82, 2.24) is 9.29 Å². The number of carbonyl (C=O) groups is 1.